The summed E-state index contributed by atoms with van der Waals surface area (Å²) >= 11 is 0. The highest BCUT2D eigenvalue weighted by Gasteiger charge is 2.22. The van der Waals surface area contributed by atoms with Crippen LogP contribution < -0.4 is 0 Å². The normalized spacial score (nSPS) is 15.4. The van der Waals surface area contributed by atoms with Crippen LogP contribution in [0.25, 0.3) is 0 Å². The second kappa shape index (κ2) is 9.37. The Morgan fingerprint density at radius 1 is 1.07 bits per heavy atom. The van der Waals surface area contributed by atoms with Gasteiger partial charge >= 0.3 is 0 Å². The zero-order valence-corrected chi connectivity index (χ0v) is 17.8. The van der Waals surface area contributed by atoms with Gasteiger partial charge in [0, 0.05) is 51.4 Å². The molecule has 1 aromatic carbocycles. The number of aromatic nitrogens is 2. The quantitative estimate of drug-likeness (QED) is 0.737. The summed E-state index contributed by atoms with van der Waals surface area (Å²) in [4.78, 5) is 17.2. The number of nitrogens with zero attached hydrogens (tertiary/aromatic N) is 4. The lowest BCUT2D eigenvalue weighted by Crippen LogP contribution is -2.48. The van der Waals surface area contributed by atoms with Crippen LogP contribution in [0.4, 0.5) is 0 Å². The number of piperazine rings is 1. The minimum Gasteiger partial charge on any atom is -0.340 e. The third kappa shape index (κ3) is 5.22. The number of benzene rings is 1. The lowest BCUT2D eigenvalue weighted by molar-refractivity contribution is -0.133. The van der Waals surface area contributed by atoms with Crippen molar-refractivity contribution in [3.63, 3.8) is 0 Å². The maximum Gasteiger partial charge on any atom is 0.222 e. The van der Waals surface area contributed by atoms with Gasteiger partial charge in [-0.1, -0.05) is 44.2 Å². The highest BCUT2D eigenvalue weighted by molar-refractivity contribution is 5.76. The van der Waals surface area contributed by atoms with E-state index >= 15 is 0 Å². The van der Waals surface area contributed by atoms with Gasteiger partial charge in [0.15, 0.2) is 0 Å². The molecule has 0 N–H and O–H groups in total. The molecule has 1 fully saturated rings. The van der Waals surface area contributed by atoms with E-state index in [-0.39, 0.29) is 5.91 Å². The number of carbonyl (C=O) groups is 1. The molecule has 5 heteroatoms. The first kappa shape index (κ1) is 20.6. The van der Waals surface area contributed by atoms with Crippen molar-refractivity contribution in [3.8, 4) is 0 Å². The van der Waals surface area contributed by atoms with Gasteiger partial charge in [-0.2, -0.15) is 5.10 Å². The van der Waals surface area contributed by atoms with E-state index in [2.05, 4.69) is 72.7 Å². The van der Waals surface area contributed by atoms with Gasteiger partial charge in [0.1, 0.15) is 0 Å². The summed E-state index contributed by atoms with van der Waals surface area (Å²) < 4.78 is 2.10. The van der Waals surface area contributed by atoms with E-state index in [1.165, 1.54) is 16.8 Å². The van der Waals surface area contributed by atoms with E-state index in [0.29, 0.717) is 12.3 Å². The highest BCUT2D eigenvalue weighted by Crippen LogP contribution is 2.18. The number of aryl methyl sites for hydroxylation is 1. The molecule has 152 valence electrons. The summed E-state index contributed by atoms with van der Waals surface area (Å²) in [6.07, 6.45) is 1.37. The fraction of sp³-hybridized carbons (Fsp3) is 0.565. The van der Waals surface area contributed by atoms with Crippen LogP contribution in [0.3, 0.4) is 0 Å². The molecule has 0 atom stereocenters. The Kier molecular flexibility index (Phi) is 6.89. The summed E-state index contributed by atoms with van der Waals surface area (Å²) in [6, 6.07) is 10.6. The molecule has 5 nitrogen and oxygen atoms in total. The first-order valence-corrected chi connectivity index (χ1v) is 10.5. The second-order valence-electron chi connectivity index (χ2n) is 8.37. The molecule has 1 aliphatic rings. The number of carbonyl (C=O) groups excluding carboxylic acids is 1. The number of rotatable bonds is 7. The van der Waals surface area contributed by atoms with Gasteiger partial charge in [-0.3, -0.25) is 14.4 Å². The van der Waals surface area contributed by atoms with Gasteiger partial charge < -0.3 is 4.90 Å². The van der Waals surface area contributed by atoms with Gasteiger partial charge in [0.2, 0.25) is 5.91 Å². The van der Waals surface area contributed by atoms with Gasteiger partial charge in [0.25, 0.3) is 0 Å². The molecule has 1 aromatic heterocycles. The molecule has 2 heterocycles. The molecular formula is C23H34N4O. The average molecular weight is 383 g/mol. The molecule has 28 heavy (non-hydrogen) atoms. The van der Waals surface area contributed by atoms with Crippen LogP contribution in [0.15, 0.2) is 30.3 Å². The smallest absolute Gasteiger partial charge is 0.222 e. The molecule has 3 rings (SSSR count). The molecule has 0 unspecified atom stereocenters. The number of hydrogen-bond donors (Lipinski definition) is 0. The maximum absolute atomic E-state index is 12.7. The average Bonchev–Trinajstić information content (AvgIpc) is 2.93. The highest BCUT2D eigenvalue weighted by atomic mass is 16.2. The van der Waals surface area contributed by atoms with Crippen LogP contribution in [0.2, 0.25) is 0 Å². The van der Waals surface area contributed by atoms with E-state index in [1.54, 1.807) is 0 Å². The zero-order chi connectivity index (χ0) is 20.1. The molecule has 2 aromatic rings. The molecule has 0 aliphatic carbocycles. The van der Waals surface area contributed by atoms with E-state index in [4.69, 9.17) is 0 Å². The predicted molar refractivity (Wildman–Crippen MR) is 113 cm³/mol. The van der Waals surface area contributed by atoms with E-state index in [1.807, 2.05) is 4.90 Å². The summed E-state index contributed by atoms with van der Waals surface area (Å²) in [7, 11) is 0. The van der Waals surface area contributed by atoms with Crippen LogP contribution in [-0.2, 0) is 24.3 Å². The van der Waals surface area contributed by atoms with Crippen molar-refractivity contribution in [2.75, 3.05) is 26.2 Å². The lowest BCUT2D eigenvalue weighted by Gasteiger charge is -2.34. The minimum absolute atomic E-state index is 0.273. The Balaban J connectivity index is 1.48. The first-order chi connectivity index (χ1) is 13.4. The van der Waals surface area contributed by atoms with Crippen molar-refractivity contribution in [1.29, 1.82) is 0 Å². The standard InChI is InChI=1S/C23H34N4O/c1-18(2)16-27-20(4)22(19(3)24-27)10-11-23(28)26-14-12-25(13-15-26)17-21-8-6-5-7-9-21/h5-9,18H,10-17H2,1-4H3. The monoisotopic (exact) mass is 382 g/mol. The Morgan fingerprint density at radius 3 is 2.39 bits per heavy atom. The van der Waals surface area contributed by atoms with Crippen LogP contribution in [-0.4, -0.2) is 51.7 Å². The minimum atomic E-state index is 0.273. The number of amides is 1. The molecule has 1 aliphatic heterocycles. The molecular weight excluding hydrogens is 348 g/mol. The molecule has 0 spiro atoms. The Bertz CT molecular complexity index is 773. The zero-order valence-electron chi connectivity index (χ0n) is 17.8. The Morgan fingerprint density at radius 2 is 1.75 bits per heavy atom. The second-order valence-corrected chi connectivity index (χ2v) is 8.37. The van der Waals surface area contributed by atoms with Crippen molar-refractivity contribution in [2.45, 2.75) is 53.6 Å². The fourth-order valence-electron chi connectivity index (χ4n) is 4.01. The van der Waals surface area contributed by atoms with E-state index in [9.17, 15) is 4.79 Å². The number of hydrogen-bond acceptors (Lipinski definition) is 3. The van der Waals surface area contributed by atoms with E-state index < -0.39 is 0 Å². The SMILES string of the molecule is Cc1nn(CC(C)C)c(C)c1CCC(=O)N1CCN(Cc2ccccc2)CC1. The summed E-state index contributed by atoms with van der Waals surface area (Å²) in [5, 5.41) is 4.68. The van der Waals surface area contributed by atoms with Gasteiger partial charge in [0.05, 0.1) is 5.69 Å². The fourth-order valence-corrected chi connectivity index (χ4v) is 4.01. The van der Waals surface area contributed by atoms with Gasteiger partial charge in [-0.05, 0) is 37.3 Å². The summed E-state index contributed by atoms with van der Waals surface area (Å²) in [5.74, 6) is 0.842. The molecule has 1 saturated heterocycles. The Labute approximate surface area is 169 Å². The third-order valence-corrected chi connectivity index (χ3v) is 5.63. The predicted octanol–water partition coefficient (Wildman–Crippen LogP) is 3.43. The van der Waals surface area contributed by atoms with Crippen molar-refractivity contribution in [2.24, 2.45) is 5.92 Å². The van der Waals surface area contributed by atoms with Crippen LogP contribution >= 0.6 is 0 Å². The van der Waals surface area contributed by atoms with Gasteiger partial charge in [-0.15, -0.1) is 0 Å². The lowest BCUT2D eigenvalue weighted by atomic mass is 10.1. The van der Waals surface area contributed by atoms with Crippen molar-refractivity contribution < 1.29 is 4.79 Å². The van der Waals surface area contributed by atoms with Crippen molar-refractivity contribution >= 4 is 5.91 Å². The summed E-state index contributed by atoms with van der Waals surface area (Å²) in [6.45, 7) is 14.1. The van der Waals surface area contributed by atoms with Crippen LogP contribution in [0.5, 0.6) is 0 Å². The van der Waals surface area contributed by atoms with Crippen molar-refractivity contribution in [1.82, 2.24) is 19.6 Å². The molecule has 0 bridgehead atoms. The Hall–Kier alpha value is -2.14. The van der Waals surface area contributed by atoms with Crippen LogP contribution in [0.1, 0.15) is 42.8 Å². The van der Waals surface area contributed by atoms with Crippen LogP contribution in [0, 0.1) is 19.8 Å². The van der Waals surface area contributed by atoms with E-state index in [0.717, 1.165) is 51.4 Å². The molecule has 0 saturated carbocycles. The van der Waals surface area contributed by atoms with Gasteiger partial charge in [-0.25, -0.2) is 0 Å². The topological polar surface area (TPSA) is 41.4 Å². The maximum atomic E-state index is 12.7. The first-order valence-electron chi connectivity index (χ1n) is 10.5. The molecule has 1 amide bonds. The van der Waals surface area contributed by atoms with Crippen molar-refractivity contribution in [3.05, 3.63) is 52.8 Å². The molecule has 0 radical (unpaired) electrons. The third-order valence-electron chi connectivity index (χ3n) is 5.63. The summed E-state index contributed by atoms with van der Waals surface area (Å²) in [5.41, 5.74) is 4.87. The largest absolute Gasteiger partial charge is 0.340 e.